The molecule has 1 fully saturated rings. The first kappa shape index (κ1) is 19.8. The Hall–Kier alpha value is -2.18. The lowest BCUT2D eigenvalue weighted by atomic mass is 9.73. The number of Topliss-reactive ketones (excluding diaryl/α,β-unsaturated/α-hetero) is 1. The Morgan fingerprint density at radius 3 is 2.70 bits per heavy atom. The summed E-state index contributed by atoms with van der Waals surface area (Å²) in [5, 5.41) is 9.56. The molecule has 2 atom stereocenters. The normalized spacial score (nSPS) is 24.8. The van der Waals surface area contributed by atoms with Crippen molar-refractivity contribution in [2.45, 2.75) is 63.4 Å². The first-order valence-electron chi connectivity index (χ1n) is 10.6. The van der Waals surface area contributed by atoms with Crippen LogP contribution in [0.15, 0.2) is 56.9 Å². The second kappa shape index (κ2) is 8.16. The smallest absolute Gasteiger partial charge is 0.337 e. The molecule has 3 heterocycles. The molecule has 1 saturated carbocycles. The van der Waals surface area contributed by atoms with Gasteiger partial charge < -0.3 is 10.1 Å². The van der Waals surface area contributed by atoms with Gasteiger partial charge in [-0.3, -0.25) is 4.79 Å². The van der Waals surface area contributed by atoms with Gasteiger partial charge in [0.2, 0.25) is 0 Å². The molecule has 4 nitrogen and oxygen atoms in total. The van der Waals surface area contributed by atoms with Crippen LogP contribution in [0, 0.1) is 0 Å². The molecule has 6 heteroatoms. The van der Waals surface area contributed by atoms with Crippen LogP contribution in [0.2, 0.25) is 0 Å². The van der Waals surface area contributed by atoms with Crippen molar-refractivity contribution in [3.8, 4) is 0 Å². The van der Waals surface area contributed by atoms with Crippen molar-refractivity contribution in [3.63, 3.8) is 0 Å². The van der Waals surface area contributed by atoms with E-state index < -0.39 is 0 Å². The quantitative estimate of drug-likeness (QED) is 0.625. The van der Waals surface area contributed by atoms with Crippen molar-refractivity contribution in [3.05, 3.63) is 67.3 Å². The van der Waals surface area contributed by atoms with Crippen LogP contribution in [0.3, 0.4) is 0 Å². The largest absolute Gasteiger partial charge is 0.459 e. The predicted molar refractivity (Wildman–Crippen MR) is 120 cm³/mol. The van der Waals surface area contributed by atoms with Crippen molar-refractivity contribution in [2.24, 2.45) is 0 Å². The summed E-state index contributed by atoms with van der Waals surface area (Å²) in [5.41, 5.74) is 4.14. The van der Waals surface area contributed by atoms with Gasteiger partial charge in [-0.05, 0) is 72.9 Å². The first-order chi connectivity index (χ1) is 14.6. The number of thiophene rings is 2. The third-order valence-electron chi connectivity index (χ3n) is 6.45. The molecule has 0 radical (unpaired) electrons. The fourth-order valence-electron chi connectivity index (χ4n) is 5.03. The van der Waals surface area contributed by atoms with E-state index in [4.69, 9.17) is 4.74 Å². The maximum Gasteiger partial charge on any atom is 0.337 e. The minimum atomic E-state index is -0.335. The predicted octanol–water partition coefficient (Wildman–Crippen LogP) is 5.66. The maximum absolute atomic E-state index is 13.4. The summed E-state index contributed by atoms with van der Waals surface area (Å²) < 4.78 is 5.88. The highest BCUT2D eigenvalue weighted by molar-refractivity contribution is 7.10. The molecule has 2 aromatic rings. The van der Waals surface area contributed by atoms with Gasteiger partial charge >= 0.3 is 5.97 Å². The van der Waals surface area contributed by atoms with Crippen molar-refractivity contribution >= 4 is 34.4 Å². The van der Waals surface area contributed by atoms with Gasteiger partial charge in [0, 0.05) is 40.1 Å². The summed E-state index contributed by atoms with van der Waals surface area (Å²) >= 11 is 3.30. The lowest BCUT2D eigenvalue weighted by Gasteiger charge is -2.36. The second-order valence-corrected chi connectivity index (χ2v) is 10.2. The molecule has 0 saturated heterocycles. The molecular formula is C24H25NO3S2. The zero-order valence-corrected chi connectivity index (χ0v) is 18.6. The van der Waals surface area contributed by atoms with Gasteiger partial charge in [0.05, 0.1) is 5.57 Å². The summed E-state index contributed by atoms with van der Waals surface area (Å²) in [6, 6.07) is 6.18. The number of ketones is 1. The summed E-state index contributed by atoms with van der Waals surface area (Å²) in [6.45, 7) is 1.94. The Kier molecular flexibility index (Phi) is 5.37. The molecule has 2 aromatic heterocycles. The van der Waals surface area contributed by atoms with Crippen LogP contribution in [0.1, 0.15) is 67.7 Å². The Labute approximate surface area is 184 Å². The number of nitrogens with one attached hydrogen (secondary N) is 1. The van der Waals surface area contributed by atoms with E-state index in [9.17, 15) is 9.59 Å². The third kappa shape index (κ3) is 3.56. The first-order valence-corrected chi connectivity index (χ1v) is 12.4. The summed E-state index contributed by atoms with van der Waals surface area (Å²) in [5.74, 6) is -0.273. The molecule has 0 aromatic carbocycles. The monoisotopic (exact) mass is 439 g/mol. The molecule has 1 N–H and O–H groups in total. The van der Waals surface area contributed by atoms with Crippen LogP contribution in [0.4, 0.5) is 0 Å². The van der Waals surface area contributed by atoms with Gasteiger partial charge in [-0.1, -0.05) is 6.07 Å². The molecule has 0 spiro atoms. The summed E-state index contributed by atoms with van der Waals surface area (Å²) in [7, 11) is 0. The van der Waals surface area contributed by atoms with E-state index >= 15 is 0 Å². The Bertz CT molecular complexity index is 1010. The minimum absolute atomic E-state index is 0.00145. The molecule has 0 amide bonds. The molecule has 0 bridgehead atoms. The van der Waals surface area contributed by atoms with E-state index in [1.54, 1.807) is 22.7 Å². The van der Waals surface area contributed by atoms with Crippen LogP contribution in [-0.4, -0.2) is 17.9 Å². The van der Waals surface area contributed by atoms with Gasteiger partial charge in [-0.15, -0.1) is 11.3 Å². The Morgan fingerprint density at radius 1 is 1.17 bits per heavy atom. The second-order valence-electron chi connectivity index (χ2n) is 8.40. The highest BCUT2D eigenvalue weighted by Crippen LogP contribution is 2.46. The zero-order chi connectivity index (χ0) is 20.7. The third-order valence-corrected chi connectivity index (χ3v) is 8.18. The Morgan fingerprint density at radius 2 is 2.00 bits per heavy atom. The average Bonchev–Trinajstić information content (AvgIpc) is 3.49. The minimum Gasteiger partial charge on any atom is -0.459 e. The molecule has 156 valence electrons. The SMILES string of the molecule is CC1=C(C(=O)OC2CCCC2)[C@H](c2ccsc2)C2=C(C[C@@H](c3cccs3)CC2=O)N1. The molecule has 30 heavy (non-hydrogen) atoms. The van der Waals surface area contributed by atoms with Gasteiger partial charge in [0.25, 0.3) is 0 Å². The zero-order valence-electron chi connectivity index (χ0n) is 17.0. The number of hydrogen-bond acceptors (Lipinski definition) is 6. The molecule has 5 rings (SSSR count). The van der Waals surface area contributed by atoms with Gasteiger partial charge in [0.1, 0.15) is 6.10 Å². The standard InChI is InChI=1S/C24H25NO3S2/c1-14-21(24(27)28-17-5-2-3-6-17)22(15-8-10-29-13-15)23-18(25-14)11-16(12-19(23)26)20-7-4-9-30-20/h4,7-10,13,16-17,22,25H,2-3,5-6,11-12H2,1H3/t16-,22+/m1/s1. The van der Waals surface area contributed by atoms with Crippen molar-refractivity contribution in [1.29, 1.82) is 0 Å². The molecule has 1 aliphatic heterocycles. The number of rotatable bonds is 4. The van der Waals surface area contributed by atoms with Crippen LogP contribution >= 0.6 is 22.7 Å². The van der Waals surface area contributed by atoms with Crippen LogP contribution in [0.5, 0.6) is 0 Å². The van der Waals surface area contributed by atoms with E-state index in [0.29, 0.717) is 12.0 Å². The summed E-state index contributed by atoms with van der Waals surface area (Å²) in [4.78, 5) is 27.9. The molecule has 3 aliphatic rings. The fourth-order valence-corrected chi connectivity index (χ4v) is 6.54. The lowest BCUT2D eigenvalue weighted by Crippen LogP contribution is -2.36. The van der Waals surface area contributed by atoms with Gasteiger partial charge in [-0.2, -0.15) is 11.3 Å². The number of carbonyl (C=O) groups excluding carboxylic acids is 2. The van der Waals surface area contributed by atoms with Crippen LogP contribution < -0.4 is 5.32 Å². The number of dihydropyridines is 1. The lowest BCUT2D eigenvalue weighted by molar-refractivity contribution is -0.144. The fraction of sp³-hybridized carbons (Fsp3) is 0.417. The van der Waals surface area contributed by atoms with Crippen molar-refractivity contribution < 1.29 is 14.3 Å². The topological polar surface area (TPSA) is 55.4 Å². The van der Waals surface area contributed by atoms with Gasteiger partial charge in [-0.25, -0.2) is 4.79 Å². The number of carbonyl (C=O) groups is 2. The number of allylic oxidation sites excluding steroid dienone is 3. The molecule has 2 aliphatic carbocycles. The van der Waals surface area contributed by atoms with Crippen LogP contribution in [0.25, 0.3) is 0 Å². The molecule has 0 unspecified atom stereocenters. The van der Waals surface area contributed by atoms with Gasteiger partial charge in [0.15, 0.2) is 5.78 Å². The number of ether oxygens (including phenoxy) is 1. The van der Waals surface area contributed by atoms with E-state index in [1.165, 1.54) is 4.88 Å². The highest BCUT2D eigenvalue weighted by Gasteiger charge is 2.42. The highest BCUT2D eigenvalue weighted by atomic mass is 32.1. The van der Waals surface area contributed by atoms with Crippen molar-refractivity contribution in [1.82, 2.24) is 5.32 Å². The van der Waals surface area contributed by atoms with E-state index in [0.717, 1.165) is 54.6 Å². The summed E-state index contributed by atoms with van der Waals surface area (Å²) in [6.07, 6.45) is 5.38. The van der Waals surface area contributed by atoms with Crippen molar-refractivity contribution in [2.75, 3.05) is 0 Å². The van der Waals surface area contributed by atoms with E-state index in [2.05, 4.69) is 22.1 Å². The maximum atomic E-state index is 13.4. The van der Waals surface area contributed by atoms with E-state index in [1.807, 2.05) is 24.4 Å². The van der Waals surface area contributed by atoms with Crippen LogP contribution in [-0.2, 0) is 14.3 Å². The molecular weight excluding hydrogens is 414 g/mol. The number of esters is 1. The Balaban J connectivity index is 1.51. The number of hydrogen-bond donors (Lipinski definition) is 1. The van der Waals surface area contributed by atoms with E-state index in [-0.39, 0.29) is 29.7 Å². The average molecular weight is 440 g/mol.